The lowest BCUT2D eigenvalue weighted by molar-refractivity contribution is -0.123. The molecular formula is C17H16ClFN2O5S. The highest BCUT2D eigenvalue weighted by Gasteiger charge is 2.23. The zero-order valence-electron chi connectivity index (χ0n) is 14.3. The summed E-state index contributed by atoms with van der Waals surface area (Å²) in [6, 6.07) is 7.31. The molecule has 0 unspecified atom stereocenters. The maximum atomic E-state index is 13.9. The third-order valence-electron chi connectivity index (χ3n) is 3.60. The summed E-state index contributed by atoms with van der Waals surface area (Å²) < 4.78 is 41.5. The zero-order valence-corrected chi connectivity index (χ0v) is 15.9. The minimum Gasteiger partial charge on any atom is -0.449 e. The van der Waals surface area contributed by atoms with E-state index in [9.17, 15) is 22.4 Å². The van der Waals surface area contributed by atoms with E-state index < -0.39 is 44.3 Å². The molecule has 2 rings (SSSR count). The molecular weight excluding hydrogens is 399 g/mol. The van der Waals surface area contributed by atoms with E-state index in [-0.39, 0.29) is 0 Å². The standard InChI is InChI=1S/C17H16ClFN2O5S/c1-9-3-4-11(18)7-15(9)21-16(22)10(2)26-17(23)13-8-12(27(20,24)25)5-6-14(13)19/h3-8,10H,1-2H3,(H,21,22)(H2,20,24,25)/t10-/m1/s1. The lowest BCUT2D eigenvalue weighted by Crippen LogP contribution is -2.30. The lowest BCUT2D eigenvalue weighted by Gasteiger charge is -2.15. The Morgan fingerprint density at radius 3 is 2.52 bits per heavy atom. The van der Waals surface area contributed by atoms with Crippen molar-refractivity contribution in [3.05, 3.63) is 58.4 Å². The number of nitrogens with one attached hydrogen (secondary N) is 1. The predicted octanol–water partition coefficient (Wildman–Crippen LogP) is 2.62. The maximum absolute atomic E-state index is 13.9. The molecule has 0 aromatic heterocycles. The monoisotopic (exact) mass is 414 g/mol. The number of aryl methyl sites for hydroxylation is 1. The first kappa shape index (κ1) is 20.8. The first-order valence-corrected chi connectivity index (χ1v) is 9.52. The number of esters is 1. The van der Waals surface area contributed by atoms with Gasteiger partial charge in [0.1, 0.15) is 5.82 Å². The van der Waals surface area contributed by atoms with E-state index in [1.165, 1.54) is 13.0 Å². The fourth-order valence-electron chi connectivity index (χ4n) is 2.08. The quantitative estimate of drug-likeness (QED) is 0.729. The van der Waals surface area contributed by atoms with E-state index >= 15 is 0 Å². The van der Waals surface area contributed by atoms with Gasteiger partial charge in [0.2, 0.25) is 10.0 Å². The third-order valence-corrected chi connectivity index (χ3v) is 4.74. The number of benzene rings is 2. The van der Waals surface area contributed by atoms with Crippen molar-refractivity contribution in [1.82, 2.24) is 0 Å². The van der Waals surface area contributed by atoms with Gasteiger partial charge >= 0.3 is 5.97 Å². The highest BCUT2D eigenvalue weighted by atomic mass is 35.5. The number of nitrogens with two attached hydrogens (primary N) is 1. The molecule has 7 nitrogen and oxygen atoms in total. The first-order chi connectivity index (χ1) is 12.5. The summed E-state index contributed by atoms with van der Waals surface area (Å²) in [5, 5.41) is 7.91. The Hall–Kier alpha value is -2.49. The van der Waals surface area contributed by atoms with Crippen molar-refractivity contribution >= 4 is 39.2 Å². The second-order valence-electron chi connectivity index (χ2n) is 5.68. The van der Waals surface area contributed by atoms with E-state index in [1.807, 2.05) is 0 Å². The summed E-state index contributed by atoms with van der Waals surface area (Å²) in [7, 11) is -4.14. The Labute approximate surface area is 160 Å². The molecule has 2 aromatic carbocycles. The summed E-state index contributed by atoms with van der Waals surface area (Å²) in [5.41, 5.74) is 0.510. The summed E-state index contributed by atoms with van der Waals surface area (Å²) in [5.74, 6) is -2.88. The number of amides is 1. The fourth-order valence-corrected chi connectivity index (χ4v) is 2.79. The molecule has 1 amide bonds. The van der Waals surface area contributed by atoms with Gasteiger partial charge in [-0.15, -0.1) is 0 Å². The minimum absolute atomic E-state index is 0.405. The van der Waals surface area contributed by atoms with E-state index in [0.717, 1.165) is 23.8 Å². The Kier molecular flexibility index (Phi) is 6.19. The number of carbonyl (C=O) groups is 2. The van der Waals surface area contributed by atoms with Crippen LogP contribution < -0.4 is 10.5 Å². The molecule has 0 heterocycles. The second kappa shape index (κ2) is 8.03. The Balaban J connectivity index is 2.15. The number of hydrogen-bond acceptors (Lipinski definition) is 5. The first-order valence-electron chi connectivity index (χ1n) is 7.59. The highest BCUT2D eigenvalue weighted by molar-refractivity contribution is 7.89. The van der Waals surface area contributed by atoms with Crippen molar-refractivity contribution in [1.29, 1.82) is 0 Å². The molecule has 0 aliphatic rings. The molecule has 0 aliphatic carbocycles. The molecule has 0 aliphatic heterocycles. The van der Waals surface area contributed by atoms with Crippen LogP contribution in [0.2, 0.25) is 5.02 Å². The molecule has 0 spiro atoms. The smallest absolute Gasteiger partial charge is 0.341 e. The van der Waals surface area contributed by atoms with Crippen LogP contribution in [0.5, 0.6) is 0 Å². The number of hydrogen-bond donors (Lipinski definition) is 2. The third kappa shape index (κ3) is 5.25. The van der Waals surface area contributed by atoms with E-state index in [4.69, 9.17) is 21.5 Å². The summed E-state index contributed by atoms with van der Waals surface area (Å²) >= 11 is 5.88. The molecule has 0 saturated carbocycles. The van der Waals surface area contributed by atoms with Gasteiger partial charge in [0.05, 0.1) is 10.5 Å². The van der Waals surface area contributed by atoms with Crippen LogP contribution in [-0.2, 0) is 19.6 Å². The van der Waals surface area contributed by atoms with Crippen LogP contribution in [-0.4, -0.2) is 26.4 Å². The largest absolute Gasteiger partial charge is 0.449 e. The number of sulfonamides is 1. The van der Waals surface area contributed by atoms with E-state index in [1.54, 1.807) is 19.1 Å². The molecule has 3 N–H and O–H groups in total. The number of ether oxygens (including phenoxy) is 1. The van der Waals surface area contributed by atoms with Crippen LogP contribution in [0.25, 0.3) is 0 Å². The van der Waals surface area contributed by atoms with Gasteiger partial charge in [-0.25, -0.2) is 22.7 Å². The van der Waals surface area contributed by atoms with Crippen LogP contribution in [0.1, 0.15) is 22.8 Å². The van der Waals surface area contributed by atoms with E-state index in [2.05, 4.69) is 5.32 Å². The van der Waals surface area contributed by atoms with Gasteiger partial charge < -0.3 is 10.1 Å². The highest BCUT2D eigenvalue weighted by Crippen LogP contribution is 2.21. The number of rotatable bonds is 5. The molecule has 1 atom stereocenters. The Morgan fingerprint density at radius 1 is 1.22 bits per heavy atom. The van der Waals surface area contributed by atoms with Crippen LogP contribution in [0.3, 0.4) is 0 Å². The number of halogens is 2. The van der Waals surface area contributed by atoms with Crippen molar-refractivity contribution in [2.75, 3.05) is 5.32 Å². The van der Waals surface area contributed by atoms with Crippen molar-refractivity contribution in [3.63, 3.8) is 0 Å². The predicted molar refractivity (Wildman–Crippen MR) is 97.5 cm³/mol. The number of primary sulfonamides is 1. The van der Waals surface area contributed by atoms with Gasteiger partial charge in [-0.1, -0.05) is 17.7 Å². The summed E-state index contributed by atoms with van der Waals surface area (Å²) in [4.78, 5) is 23.9. The molecule has 0 radical (unpaired) electrons. The molecule has 0 bridgehead atoms. The van der Waals surface area contributed by atoms with Crippen molar-refractivity contribution in [2.24, 2.45) is 5.14 Å². The minimum atomic E-state index is -4.14. The summed E-state index contributed by atoms with van der Waals surface area (Å²) in [6.45, 7) is 3.03. The normalized spacial score (nSPS) is 12.3. The molecule has 27 heavy (non-hydrogen) atoms. The lowest BCUT2D eigenvalue weighted by atomic mass is 10.2. The number of carbonyl (C=O) groups excluding carboxylic acids is 2. The topological polar surface area (TPSA) is 116 Å². The molecule has 0 fully saturated rings. The molecule has 2 aromatic rings. The van der Waals surface area contributed by atoms with Crippen molar-refractivity contribution in [2.45, 2.75) is 24.8 Å². The van der Waals surface area contributed by atoms with Crippen molar-refractivity contribution < 1.29 is 27.1 Å². The van der Waals surface area contributed by atoms with E-state index in [0.29, 0.717) is 10.7 Å². The second-order valence-corrected chi connectivity index (χ2v) is 7.68. The van der Waals surface area contributed by atoms with Gasteiger partial charge in [-0.2, -0.15) is 0 Å². The Morgan fingerprint density at radius 2 is 1.89 bits per heavy atom. The SMILES string of the molecule is Cc1ccc(Cl)cc1NC(=O)[C@@H](C)OC(=O)c1cc(S(N)(=O)=O)ccc1F. The van der Waals surface area contributed by atoms with Gasteiger partial charge in [-0.05, 0) is 49.7 Å². The Bertz CT molecular complexity index is 1010. The van der Waals surface area contributed by atoms with Crippen molar-refractivity contribution in [3.8, 4) is 0 Å². The van der Waals surface area contributed by atoms with Gasteiger partial charge in [0.15, 0.2) is 6.10 Å². The van der Waals surface area contributed by atoms with Crippen LogP contribution >= 0.6 is 11.6 Å². The molecule has 144 valence electrons. The fraction of sp³-hybridized carbons (Fsp3) is 0.176. The van der Waals surface area contributed by atoms with Gasteiger partial charge in [-0.3, -0.25) is 4.79 Å². The molecule has 10 heteroatoms. The number of anilines is 1. The van der Waals surface area contributed by atoms with Gasteiger partial charge in [0, 0.05) is 10.7 Å². The van der Waals surface area contributed by atoms with Crippen LogP contribution in [0.15, 0.2) is 41.3 Å². The zero-order chi connectivity index (χ0) is 20.4. The van der Waals surface area contributed by atoms with Crippen LogP contribution in [0.4, 0.5) is 10.1 Å². The molecule has 0 saturated heterocycles. The van der Waals surface area contributed by atoms with Crippen LogP contribution in [0, 0.1) is 12.7 Å². The maximum Gasteiger partial charge on any atom is 0.341 e. The van der Waals surface area contributed by atoms with Gasteiger partial charge in [0.25, 0.3) is 5.91 Å². The average molecular weight is 415 g/mol. The summed E-state index contributed by atoms with van der Waals surface area (Å²) in [6.07, 6.45) is -1.28. The average Bonchev–Trinajstić information content (AvgIpc) is 2.57.